The van der Waals surface area contributed by atoms with Gasteiger partial charge in [-0.3, -0.25) is 4.79 Å². The summed E-state index contributed by atoms with van der Waals surface area (Å²) in [6.07, 6.45) is 0. The van der Waals surface area contributed by atoms with Gasteiger partial charge >= 0.3 is 11.9 Å². The van der Waals surface area contributed by atoms with Crippen molar-refractivity contribution in [3.8, 4) is 0 Å². The number of hydrogen-bond donors (Lipinski definition) is 4. The number of carbonyl (C=O) groups excluding carboxylic acids is 2. The number of carboxylic acids is 1. The van der Waals surface area contributed by atoms with Gasteiger partial charge in [0.05, 0.1) is 0 Å². The molecule has 0 aromatic carbocycles. The molecule has 0 aliphatic carbocycles. The summed E-state index contributed by atoms with van der Waals surface area (Å²) in [5.41, 5.74) is 6.52. The van der Waals surface area contributed by atoms with E-state index in [4.69, 9.17) is 10.5 Å². The van der Waals surface area contributed by atoms with Crippen LogP contribution in [0.1, 0.15) is 5.69 Å². The molecule has 1 amide bonds. The van der Waals surface area contributed by atoms with Crippen molar-refractivity contribution in [2.45, 2.75) is 11.4 Å². The number of aromatic nitrogens is 1. The summed E-state index contributed by atoms with van der Waals surface area (Å²) in [6, 6.07) is -1.34. The Morgan fingerprint density at radius 2 is 2.37 bits per heavy atom. The maximum absolute atomic E-state index is 12.6. The molecule has 27 heavy (non-hydrogen) atoms. The molecule has 2 aliphatic rings. The van der Waals surface area contributed by atoms with Gasteiger partial charge in [-0.1, -0.05) is 5.16 Å². The molecule has 0 spiro atoms. The monoisotopic (exact) mass is 413 g/mol. The predicted molar refractivity (Wildman–Crippen MR) is 97.0 cm³/mol. The molecule has 0 fully saturated rings. The lowest BCUT2D eigenvalue weighted by atomic mass is 10.2. The fourth-order valence-electron chi connectivity index (χ4n) is 2.44. The number of nitrogens with one attached hydrogen (secondary N) is 2. The van der Waals surface area contributed by atoms with Crippen LogP contribution in [0.15, 0.2) is 21.8 Å². The van der Waals surface area contributed by atoms with E-state index in [0.717, 1.165) is 16.9 Å². The molecular weight excluding hydrogens is 398 g/mol. The van der Waals surface area contributed by atoms with Gasteiger partial charge in [-0.15, -0.1) is 23.1 Å². The number of thiazole rings is 1. The van der Waals surface area contributed by atoms with Crippen LogP contribution in [0, 0.1) is 0 Å². The van der Waals surface area contributed by atoms with Crippen LogP contribution in [0.25, 0.3) is 0 Å². The highest BCUT2D eigenvalue weighted by molar-refractivity contribution is 8.00. The molecule has 144 valence electrons. The van der Waals surface area contributed by atoms with Crippen LogP contribution in [0.4, 0.5) is 5.13 Å². The van der Waals surface area contributed by atoms with Crippen molar-refractivity contribution in [2.75, 3.05) is 25.2 Å². The standard InChI is InChI=1S/C14H15N5O6S2/c1-24-19-8(6-4-27-14(15)16-6)10(20)17-9(12(21)22)11-18-7-5(3-26-11)2-25-13(7)23/h4,9,11,18H,2-3H2,1H3,(H2,15,16)(H,17,20)(H,21,22)/b19-8-. The summed E-state index contributed by atoms with van der Waals surface area (Å²) < 4.78 is 4.92. The number of oxime groups is 1. The predicted octanol–water partition coefficient (Wildman–Crippen LogP) is -0.881. The second kappa shape index (κ2) is 7.84. The van der Waals surface area contributed by atoms with Gasteiger partial charge in [-0.05, 0) is 0 Å². The van der Waals surface area contributed by atoms with Crippen LogP contribution in [0.3, 0.4) is 0 Å². The van der Waals surface area contributed by atoms with E-state index in [1.807, 2.05) is 0 Å². The van der Waals surface area contributed by atoms with E-state index in [2.05, 4.69) is 25.6 Å². The lowest BCUT2D eigenvalue weighted by Gasteiger charge is -2.29. The number of esters is 1. The first-order chi connectivity index (χ1) is 12.9. The van der Waals surface area contributed by atoms with Crippen LogP contribution >= 0.6 is 23.1 Å². The minimum atomic E-state index is -1.34. The number of nitrogens with two attached hydrogens (primary N) is 1. The van der Waals surface area contributed by atoms with E-state index in [0.29, 0.717) is 5.75 Å². The van der Waals surface area contributed by atoms with Crippen LogP contribution in [-0.4, -0.2) is 64.5 Å². The summed E-state index contributed by atoms with van der Waals surface area (Å²) in [5, 5.41) is 19.4. The van der Waals surface area contributed by atoms with Gasteiger partial charge in [0.25, 0.3) is 5.91 Å². The van der Waals surface area contributed by atoms with Crippen LogP contribution < -0.4 is 16.4 Å². The maximum Gasteiger partial charge on any atom is 0.354 e. The quantitative estimate of drug-likeness (QED) is 0.261. The van der Waals surface area contributed by atoms with Crippen molar-refractivity contribution in [3.63, 3.8) is 0 Å². The summed E-state index contributed by atoms with van der Waals surface area (Å²) in [6.45, 7) is 0.181. The number of hydrogen-bond acceptors (Lipinski definition) is 11. The van der Waals surface area contributed by atoms with Crippen molar-refractivity contribution in [1.82, 2.24) is 15.6 Å². The van der Waals surface area contributed by atoms with Crippen molar-refractivity contribution >= 4 is 51.8 Å². The summed E-state index contributed by atoms with van der Waals surface area (Å²) in [7, 11) is 1.25. The second-order valence-corrected chi connectivity index (χ2v) is 7.43. The number of cyclic esters (lactones) is 1. The number of amides is 1. The number of rotatable bonds is 6. The topological polar surface area (TPSA) is 165 Å². The first kappa shape index (κ1) is 19.0. The molecule has 3 heterocycles. The number of nitrogen functional groups attached to an aromatic ring is 1. The van der Waals surface area contributed by atoms with Gasteiger partial charge in [-0.25, -0.2) is 14.6 Å². The lowest BCUT2D eigenvalue weighted by molar-refractivity contribution is -0.141. The van der Waals surface area contributed by atoms with Gasteiger partial charge in [0, 0.05) is 16.7 Å². The average Bonchev–Trinajstić information content (AvgIpc) is 3.23. The van der Waals surface area contributed by atoms with E-state index in [1.54, 1.807) is 0 Å². The van der Waals surface area contributed by atoms with E-state index in [1.165, 1.54) is 24.3 Å². The smallest absolute Gasteiger partial charge is 0.354 e. The first-order valence-electron chi connectivity index (χ1n) is 7.54. The number of thioether (sulfide) groups is 1. The summed E-state index contributed by atoms with van der Waals surface area (Å²) >= 11 is 2.34. The number of carbonyl (C=O) groups is 3. The van der Waals surface area contributed by atoms with Crippen LogP contribution in [0.2, 0.25) is 0 Å². The molecule has 11 nitrogen and oxygen atoms in total. The fraction of sp³-hybridized carbons (Fsp3) is 0.357. The molecule has 5 N–H and O–H groups in total. The fourth-order valence-corrected chi connectivity index (χ4v) is 4.17. The molecule has 3 rings (SSSR count). The highest BCUT2D eigenvalue weighted by Crippen LogP contribution is 2.28. The molecule has 1 aromatic rings. The normalized spacial score (nSPS) is 20.4. The summed E-state index contributed by atoms with van der Waals surface area (Å²) in [4.78, 5) is 44.6. The van der Waals surface area contributed by atoms with E-state index in [9.17, 15) is 19.5 Å². The van der Waals surface area contributed by atoms with Crippen LogP contribution in [0.5, 0.6) is 0 Å². The van der Waals surface area contributed by atoms with E-state index in [-0.39, 0.29) is 28.8 Å². The third-order valence-corrected chi connectivity index (χ3v) is 5.61. The number of nitrogens with zero attached hydrogens (tertiary/aromatic N) is 2. The van der Waals surface area contributed by atoms with Crippen molar-refractivity contribution in [1.29, 1.82) is 0 Å². The molecule has 0 saturated heterocycles. The Hall–Kier alpha value is -2.80. The van der Waals surface area contributed by atoms with Gasteiger partial charge in [-0.2, -0.15) is 0 Å². The summed E-state index contributed by atoms with van der Waals surface area (Å²) in [5.74, 6) is -2.20. The first-order valence-corrected chi connectivity index (χ1v) is 9.47. The molecule has 0 saturated carbocycles. The minimum absolute atomic E-state index is 0.162. The Morgan fingerprint density at radius 3 is 3.00 bits per heavy atom. The molecule has 13 heteroatoms. The lowest BCUT2D eigenvalue weighted by Crippen LogP contribution is -2.55. The third kappa shape index (κ3) is 3.98. The number of carboxylic acid groups (broad SMARTS) is 1. The third-order valence-electron chi connectivity index (χ3n) is 3.68. The van der Waals surface area contributed by atoms with Gasteiger partial charge in [0.15, 0.2) is 16.9 Å². The van der Waals surface area contributed by atoms with Gasteiger partial charge < -0.3 is 31.0 Å². The molecule has 0 radical (unpaired) electrons. The highest BCUT2D eigenvalue weighted by atomic mass is 32.2. The van der Waals surface area contributed by atoms with E-state index >= 15 is 0 Å². The molecule has 2 unspecified atom stereocenters. The molecular formula is C14H15N5O6S2. The molecule has 1 aromatic heterocycles. The number of ether oxygens (including phenoxy) is 1. The minimum Gasteiger partial charge on any atom is -0.480 e. The average molecular weight is 413 g/mol. The van der Waals surface area contributed by atoms with Crippen molar-refractivity contribution in [2.24, 2.45) is 5.16 Å². The Bertz CT molecular complexity index is 851. The van der Waals surface area contributed by atoms with Crippen LogP contribution in [-0.2, 0) is 24.0 Å². The zero-order valence-electron chi connectivity index (χ0n) is 13.9. The van der Waals surface area contributed by atoms with Crippen molar-refractivity contribution in [3.05, 3.63) is 22.3 Å². The zero-order valence-corrected chi connectivity index (χ0v) is 15.6. The highest BCUT2D eigenvalue weighted by Gasteiger charge is 2.39. The second-order valence-electron chi connectivity index (χ2n) is 5.41. The molecule has 0 bridgehead atoms. The maximum atomic E-state index is 12.6. The molecule has 2 aliphatic heterocycles. The number of anilines is 1. The largest absolute Gasteiger partial charge is 0.480 e. The van der Waals surface area contributed by atoms with E-state index < -0.39 is 29.3 Å². The Labute approximate surface area is 161 Å². The van der Waals surface area contributed by atoms with Gasteiger partial charge in [0.1, 0.15) is 30.5 Å². The van der Waals surface area contributed by atoms with Gasteiger partial charge in [0.2, 0.25) is 0 Å². The van der Waals surface area contributed by atoms with Crippen molar-refractivity contribution < 1.29 is 29.1 Å². The Kier molecular flexibility index (Phi) is 5.51. The Balaban J connectivity index is 1.78. The zero-order chi connectivity index (χ0) is 19.6. The molecule has 2 atom stereocenters. The number of aliphatic carboxylic acids is 1. The SMILES string of the molecule is CO/N=C(\C(=O)NC(C(=O)O)C1NC2=C(COC2=O)CS1)c1csc(N)n1. The Morgan fingerprint density at radius 1 is 1.59 bits per heavy atom.